The molecule has 0 amide bonds. The van der Waals surface area contributed by atoms with Crippen LogP contribution in [0.25, 0.3) is 11.4 Å². The summed E-state index contributed by atoms with van der Waals surface area (Å²) >= 11 is 5.94. The van der Waals surface area contributed by atoms with Gasteiger partial charge in [-0.05, 0) is 43.0 Å². The molecule has 1 aromatic heterocycles. The van der Waals surface area contributed by atoms with Crippen LogP contribution in [0, 0.1) is 0 Å². The van der Waals surface area contributed by atoms with Crippen LogP contribution in [0.5, 0.6) is 11.8 Å². The number of ether oxygens (including phenoxy) is 2. The van der Waals surface area contributed by atoms with Crippen LogP contribution in [-0.2, 0) is 0 Å². The average Bonchev–Trinajstić information content (AvgIpc) is 3.29. The Morgan fingerprint density at radius 2 is 2.10 bits per heavy atom. The van der Waals surface area contributed by atoms with Gasteiger partial charge in [-0.25, -0.2) is 0 Å². The highest BCUT2D eigenvalue weighted by Gasteiger charge is 2.23. The molecule has 0 bridgehead atoms. The monoisotopic (exact) mass is 305 g/mol. The Hall–Kier alpha value is -1.88. The minimum atomic E-state index is 0.125. The van der Waals surface area contributed by atoms with E-state index >= 15 is 0 Å². The van der Waals surface area contributed by atoms with Gasteiger partial charge in [0.1, 0.15) is 5.75 Å². The highest BCUT2D eigenvalue weighted by Crippen LogP contribution is 2.29. The lowest BCUT2D eigenvalue weighted by molar-refractivity contribution is 0.291. The fraction of sp³-hybridized carbons (Fsp3) is 0.400. The summed E-state index contributed by atoms with van der Waals surface area (Å²) in [6.45, 7) is 2.56. The van der Waals surface area contributed by atoms with Crippen LogP contribution in [0.2, 0.25) is 5.28 Å². The SMILES string of the molecule is CCCOc1nc(Cl)nc(-c2cccc(OC3CC3)c2)n1. The topological polar surface area (TPSA) is 57.1 Å². The van der Waals surface area contributed by atoms with Crippen LogP contribution in [0.3, 0.4) is 0 Å². The van der Waals surface area contributed by atoms with Crippen LogP contribution < -0.4 is 9.47 Å². The lowest BCUT2D eigenvalue weighted by atomic mass is 10.2. The van der Waals surface area contributed by atoms with Crippen LogP contribution in [0.1, 0.15) is 26.2 Å². The third-order valence-corrected chi connectivity index (χ3v) is 3.11. The molecule has 1 aromatic carbocycles. The fourth-order valence-electron chi connectivity index (χ4n) is 1.81. The Kier molecular flexibility index (Phi) is 4.20. The summed E-state index contributed by atoms with van der Waals surface area (Å²) < 4.78 is 11.2. The van der Waals surface area contributed by atoms with Gasteiger partial charge in [0.15, 0.2) is 5.82 Å². The van der Waals surface area contributed by atoms with E-state index in [-0.39, 0.29) is 11.3 Å². The molecule has 2 aromatic rings. The van der Waals surface area contributed by atoms with Crippen molar-refractivity contribution < 1.29 is 9.47 Å². The molecule has 1 aliphatic carbocycles. The molecule has 0 unspecified atom stereocenters. The number of nitrogens with zero attached hydrogens (tertiary/aromatic N) is 3. The molecule has 1 fully saturated rings. The standard InChI is InChI=1S/C15H16ClN3O2/c1-2-8-20-15-18-13(17-14(16)19-15)10-4-3-5-12(9-10)21-11-6-7-11/h3-5,9,11H,2,6-8H2,1H3. The summed E-state index contributed by atoms with van der Waals surface area (Å²) in [7, 11) is 0. The average molecular weight is 306 g/mol. The lowest BCUT2D eigenvalue weighted by Gasteiger charge is -2.08. The lowest BCUT2D eigenvalue weighted by Crippen LogP contribution is -2.03. The van der Waals surface area contributed by atoms with Crippen molar-refractivity contribution in [3.63, 3.8) is 0 Å². The predicted molar refractivity (Wildman–Crippen MR) is 79.7 cm³/mol. The molecule has 110 valence electrons. The van der Waals surface area contributed by atoms with E-state index in [0.717, 1.165) is 30.6 Å². The summed E-state index contributed by atoms with van der Waals surface area (Å²) in [4.78, 5) is 12.4. The van der Waals surface area contributed by atoms with Crippen molar-refractivity contribution >= 4 is 11.6 Å². The van der Waals surface area contributed by atoms with Crippen molar-refractivity contribution in [1.82, 2.24) is 15.0 Å². The number of hydrogen-bond donors (Lipinski definition) is 0. The molecule has 1 heterocycles. The summed E-state index contributed by atoms with van der Waals surface area (Å²) in [5, 5.41) is 0.125. The van der Waals surface area contributed by atoms with Gasteiger partial charge < -0.3 is 9.47 Å². The predicted octanol–water partition coefficient (Wildman–Crippen LogP) is 3.52. The molecule has 1 saturated carbocycles. The Bertz CT molecular complexity index is 632. The third-order valence-electron chi connectivity index (χ3n) is 2.94. The summed E-state index contributed by atoms with van der Waals surface area (Å²) in [5.74, 6) is 1.31. The molecular formula is C15H16ClN3O2. The molecule has 5 nitrogen and oxygen atoms in total. The summed E-state index contributed by atoms with van der Waals surface area (Å²) in [5.41, 5.74) is 0.832. The smallest absolute Gasteiger partial charge is 0.321 e. The van der Waals surface area contributed by atoms with Gasteiger partial charge >= 0.3 is 6.01 Å². The largest absolute Gasteiger partial charge is 0.490 e. The van der Waals surface area contributed by atoms with Crippen molar-refractivity contribution in [3.05, 3.63) is 29.5 Å². The van der Waals surface area contributed by atoms with Gasteiger partial charge in [0.2, 0.25) is 5.28 Å². The van der Waals surface area contributed by atoms with E-state index in [1.807, 2.05) is 31.2 Å². The normalized spacial score (nSPS) is 14.0. The van der Waals surface area contributed by atoms with Gasteiger partial charge in [0, 0.05) is 5.56 Å². The van der Waals surface area contributed by atoms with Crippen LogP contribution in [-0.4, -0.2) is 27.7 Å². The van der Waals surface area contributed by atoms with Crippen molar-refractivity contribution in [3.8, 4) is 23.1 Å². The Morgan fingerprint density at radius 3 is 2.86 bits per heavy atom. The van der Waals surface area contributed by atoms with Gasteiger partial charge in [-0.3, -0.25) is 0 Å². The number of rotatable bonds is 6. The molecule has 0 radical (unpaired) electrons. The fourth-order valence-corrected chi connectivity index (χ4v) is 1.96. The summed E-state index contributed by atoms with van der Waals surface area (Å²) in [6.07, 6.45) is 3.47. The van der Waals surface area contributed by atoms with E-state index in [9.17, 15) is 0 Å². The maximum Gasteiger partial charge on any atom is 0.321 e. The number of benzene rings is 1. The molecule has 0 spiro atoms. The molecular weight excluding hydrogens is 290 g/mol. The second-order valence-corrected chi connectivity index (χ2v) is 5.24. The molecule has 0 N–H and O–H groups in total. The molecule has 0 aliphatic heterocycles. The van der Waals surface area contributed by atoms with E-state index in [4.69, 9.17) is 21.1 Å². The van der Waals surface area contributed by atoms with Gasteiger partial charge in [0.05, 0.1) is 12.7 Å². The Balaban J connectivity index is 1.85. The first kappa shape index (κ1) is 14.1. The maximum atomic E-state index is 5.94. The van der Waals surface area contributed by atoms with Crippen molar-refractivity contribution in [2.75, 3.05) is 6.61 Å². The first-order valence-corrected chi connectivity index (χ1v) is 7.44. The van der Waals surface area contributed by atoms with Crippen LogP contribution >= 0.6 is 11.6 Å². The number of aromatic nitrogens is 3. The number of halogens is 1. The minimum Gasteiger partial charge on any atom is -0.490 e. The van der Waals surface area contributed by atoms with E-state index in [2.05, 4.69) is 15.0 Å². The van der Waals surface area contributed by atoms with Crippen molar-refractivity contribution in [2.45, 2.75) is 32.3 Å². The summed E-state index contributed by atoms with van der Waals surface area (Å²) in [6, 6.07) is 7.92. The van der Waals surface area contributed by atoms with Crippen molar-refractivity contribution in [2.24, 2.45) is 0 Å². The van der Waals surface area contributed by atoms with Gasteiger partial charge in [-0.15, -0.1) is 0 Å². The highest BCUT2D eigenvalue weighted by molar-refractivity contribution is 6.28. The first-order valence-electron chi connectivity index (χ1n) is 7.06. The quantitative estimate of drug-likeness (QED) is 0.817. The molecule has 1 aliphatic rings. The first-order chi connectivity index (χ1) is 10.2. The van der Waals surface area contributed by atoms with E-state index in [1.165, 1.54) is 0 Å². The maximum absolute atomic E-state index is 5.94. The van der Waals surface area contributed by atoms with E-state index in [0.29, 0.717) is 18.5 Å². The van der Waals surface area contributed by atoms with Crippen LogP contribution in [0.4, 0.5) is 0 Å². The van der Waals surface area contributed by atoms with Gasteiger partial charge in [0.25, 0.3) is 0 Å². The zero-order valence-corrected chi connectivity index (χ0v) is 12.5. The molecule has 6 heteroatoms. The Labute approximate surface area is 128 Å². The molecule has 21 heavy (non-hydrogen) atoms. The second kappa shape index (κ2) is 6.26. The highest BCUT2D eigenvalue weighted by atomic mass is 35.5. The van der Waals surface area contributed by atoms with Crippen molar-refractivity contribution in [1.29, 1.82) is 0 Å². The molecule has 0 atom stereocenters. The number of hydrogen-bond acceptors (Lipinski definition) is 5. The zero-order chi connectivity index (χ0) is 14.7. The third kappa shape index (κ3) is 3.82. The van der Waals surface area contributed by atoms with E-state index in [1.54, 1.807) is 0 Å². The second-order valence-electron chi connectivity index (χ2n) is 4.90. The van der Waals surface area contributed by atoms with Gasteiger partial charge in [-0.1, -0.05) is 19.1 Å². The van der Waals surface area contributed by atoms with E-state index < -0.39 is 0 Å². The Morgan fingerprint density at radius 1 is 1.24 bits per heavy atom. The van der Waals surface area contributed by atoms with Crippen LogP contribution in [0.15, 0.2) is 24.3 Å². The van der Waals surface area contributed by atoms with Gasteiger partial charge in [-0.2, -0.15) is 15.0 Å². The zero-order valence-electron chi connectivity index (χ0n) is 11.8. The minimum absolute atomic E-state index is 0.125. The molecule has 3 rings (SSSR count). The molecule has 0 saturated heterocycles.